The first-order valence-electron chi connectivity index (χ1n) is 5.18. The number of nitro groups is 1. The maximum Gasteiger partial charge on any atom is 0.270 e. The summed E-state index contributed by atoms with van der Waals surface area (Å²) in [6.45, 7) is -0.425. The molecule has 0 fully saturated rings. The van der Waals surface area contributed by atoms with E-state index in [-0.39, 0.29) is 5.69 Å². The lowest BCUT2D eigenvalue weighted by molar-refractivity contribution is -0.384. The minimum Gasteiger partial charge on any atom is -0.394 e. The fourth-order valence-corrected chi connectivity index (χ4v) is 1.26. The van der Waals surface area contributed by atoms with E-state index in [9.17, 15) is 14.9 Å². The molecule has 1 amide bonds. The predicted molar refractivity (Wildman–Crippen MR) is 65.6 cm³/mol. The Morgan fingerprint density at radius 3 is 2.94 bits per heavy atom. The number of hydrogen-bond donors (Lipinski definition) is 2. The van der Waals surface area contributed by atoms with Crippen LogP contribution in [0.1, 0.15) is 5.56 Å². The van der Waals surface area contributed by atoms with E-state index in [0.717, 1.165) is 0 Å². The van der Waals surface area contributed by atoms with E-state index in [2.05, 4.69) is 10.3 Å². The summed E-state index contributed by atoms with van der Waals surface area (Å²) in [7, 11) is 1.44. The van der Waals surface area contributed by atoms with Crippen molar-refractivity contribution in [3.8, 4) is 0 Å². The number of carbonyl (C=O) groups excluding carboxylic acids is 1. The van der Waals surface area contributed by atoms with Crippen molar-refractivity contribution in [2.24, 2.45) is 4.99 Å². The summed E-state index contributed by atoms with van der Waals surface area (Å²) >= 11 is 0. The molecule has 0 radical (unpaired) electrons. The first kappa shape index (κ1) is 13.8. The molecule has 0 spiro atoms. The van der Waals surface area contributed by atoms with Gasteiger partial charge in [0, 0.05) is 25.4 Å². The van der Waals surface area contributed by atoms with E-state index >= 15 is 0 Å². The van der Waals surface area contributed by atoms with Gasteiger partial charge in [0.2, 0.25) is 5.91 Å². The summed E-state index contributed by atoms with van der Waals surface area (Å²) < 4.78 is 0. The zero-order valence-electron chi connectivity index (χ0n) is 9.74. The normalized spacial score (nSPS) is 12.3. The molecule has 2 N–H and O–H groups in total. The zero-order chi connectivity index (χ0) is 13.5. The lowest BCUT2D eigenvalue weighted by atomic mass is 10.2. The van der Waals surface area contributed by atoms with Crippen LogP contribution >= 0.6 is 0 Å². The van der Waals surface area contributed by atoms with Crippen LogP contribution < -0.4 is 5.32 Å². The highest BCUT2D eigenvalue weighted by Gasteiger charge is 2.13. The number of benzene rings is 1. The second-order valence-corrected chi connectivity index (χ2v) is 3.44. The van der Waals surface area contributed by atoms with Crippen LogP contribution in [0, 0.1) is 10.1 Å². The average molecular weight is 251 g/mol. The van der Waals surface area contributed by atoms with Gasteiger partial charge < -0.3 is 10.4 Å². The number of nitro benzene ring substituents is 1. The molecule has 96 valence electrons. The van der Waals surface area contributed by atoms with Gasteiger partial charge in [-0.2, -0.15) is 0 Å². The highest BCUT2D eigenvalue weighted by molar-refractivity contribution is 5.87. The molecule has 1 atom stereocenters. The van der Waals surface area contributed by atoms with Gasteiger partial charge in [0.05, 0.1) is 11.5 Å². The van der Waals surface area contributed by atoms with Crippen molar-refractivity contribution in [1.29, 1.82) is 0 Å². The Labute approximate surface area is 103 Å². The minimum absolute atomic E-state index is 0.0561. The third-order valence-electron chi connectivity index (χ3n) is 2.21. The summed E-state index contributed by atoms with van der Waals surface area (Å²) in [5, 5.41) is 21.9. The van der Waals surface area contributed by atoms with Crippen LogP contribution in [0.3, 0.4) is 0 Å². The van der Waals surface area contributed by atoms with Crippen molar-refractivity contribution < 1.29 is 14.8 Å². The minimum atomic E-state index is -0.908. The average Bonchev–Trinajstić information content (AvgIpc) is 2.39. The number of aliphatic hydroxyl groups is 1. The number of nitrogens with one attached hydrogen (secondary N) is 1. The monoisotopic (exact) mass is 251 g/mol. The highest BCUT2D eigenvalue weighted by atomic mass is 16.6. The molecule has 0 aliphatic rings. The second kappa shape index (κ2) is 6.45. The third-order valence-corrected chi connectivity index (χ3v) is 2.21. The van der Waals surface area contributed by atoms with Crippen LogP contribution in [-0.2, 0) is 4.79 Å². The molecule has 7 nitrogen and oxygen atoms in total. The van der Waals surface area contributed by atoms with Crippen molar-refractivity contribution >= 4 is 17.8 Å². The van der Waals surface area contributed by atoms with Gasteiger partial charge in [-0.1, -0.05) is 12.1 Å². The Balaban J connectivity index is 2.86. The van der Waals surface area contributed by atoms with Crippen LogP contribution in [0.5, 0.6) is 0 Å². The number of aliphatic hydroxyl groups excluding tert-OH is 1. The van der Waals surface area contributed by atoms with E-state index in [0.29, 0.717) is 5.56 Å². The van der Waals surface area contributed by atoms with E-state index in [1.165, 1.54) is 31.5 Å². The van der Waals surface area contributed by atoms with Crippen LogP contribution in [0.4, 0.5) is 5.69 Å². The molecule has 18 heavy (non-hydrogen) atoms. The first-order valence-corrected chi connectivity index (χ1v) is 5.18. The van der Waals surface area contributed by atoms with Crippen molar-refractivity contribution in [3.05, 3.63) is 39.9 Å². The van der Waals surface area contributed by atoms with E-state index in [1.54, 1.807) is 6.07 Å². The topological polar surface area (TPSA) is 105 Å². The Hall–Kier alpha value is -2.28. The summed E-state index contributed by atoms with van der Waals surface area (Å²) in [6, 6.07) is 4.93. The lowest BCUT2D eigenvalue weighted by Crippen LogP contribution is -2.33. The standard InChI is InChI=1S/C11H13N3O4/c1-12-11(16)10(7-15)13-6-8-3-2-4-9(5-8)14(17)18/h2-6,10,15H,7H2,1H3,(H,12,16)/t10-/m0/s1. The van der Waals surface area contributed by atoms with Gasteiger partial charge in [0.15, 0.2) is 6.04 Å². The molecule has 7 heteroatoms. The van der Waals surface area contributed by atoms with Crippen molar-refractivity contribution in [2.75, 3.05) is 13.7 Å². The van der Waals surface area contributed by atoms with Gasteiger partial charge in [-0.05, 0) is 5.56 Å². The number of non-ortho nitro benzene ring substituents is 1. The fraction of sp³-hybridized carbons (Fsp3) is 0.273. The maximum absolute atomic E-state index is 11.2. The van der Waals surface area contributed by atoms with E-state index in [4.69, 9.17) is 5.11 Å². The molecule has 1 rings (SSSR count). The number of nitrogens with zero attached hydrogens (tertiary/aromatic N) is 2. The molecule has 0 aromatic heterocycles. The predicted octanol–water partition coefficient (Wildman–Crippen LogP) is 0.121. The van der Waals surface area contributed by atoms with Gasteiger partial charge in [-0.25, -0.2) is 0 Å². The van der Waals surface area contributed by atoms with Gasteiger partial charge in [0.1, 0.15) is 0 Å². The Bertz CT molecular complexity index is 473. The first-order chi connectivity index (χ1) is 8.58. The Kier molecular flexibility index (Phi) is 4.94. The molecule has 0 saturated heterocycles. The van der Waals surface area contributed by atoms with E-state index in [1.807, 2.05) is 0 Å². The van der Waals surface area contributed by atoms with Crippen molar-refractivity contribution in [2.45, 2.75) is 6.04 Å². The largest absolute Gasteiger partial charge is 0.394 e. The van der Waals surface area contributed by atoms with Crippen molar-refractivity contribution in [3.63, 3.8) is 0 Å². The van der Waals surface area contributed by atoms with E-state index < -0.39 is 23.5 Å². The summed E-state index contributed by atoms with van der Waals surface area (Å²) in [5.41, 5.74) is 0.436. The maximum atomic E-state index is 11.2. The number of likely N-dealkylation sites (N-methyl/N-ethyl adjacent to an activating group) is 1. The lowest BCUT2D eigenvalue weighted by Gasteiger charge is -2.06. The fourth-order valence-electron chi connectivity index (χ4n) is 1.26. The molecule has 0 heterocycles. The molecule has 0 saturated carbocycles. The summed E-state index contributed by atoms with van der Waals surface area (Å²) in [5.74, 6) is -0.417. The molecular formula is C11H13N3O4. The van der Waals surface area contributed by atoms with Gasteiger partial charge >= 0.3 is 0 Å². The summed E-state index contributed by atoms with van der Waals surface area (Å²) in [6.07, 6.45) is 1.32. The molecule has 0 unspecified atom stereocenters. The molecule has 0 aliphatic carbocycles. The molecule has 0 bridgehead atoms. The quantitative estimate of drug-likeness (QED) is 0.440. The van der Waals surface area contributed by atoms with Crippen molar-refractivity contribution in [1.82, 2.24) is 5.32 Å². The van der Waals surface area contributed by atoms with Crippen LogP contribution in [0.25, 0.3) is 0 Å². The van der Waals surface area contributed by atoms with Crippen LogP contribution in [0.15, 0.2) is 29.3 Å². The number of carbonyl (C=O) groups is 1. The number of rotatable bonds is 5. The van der Waals surface area contributed by atoms with Crippen LogP contribution in [-0.4, -0.2) is 41.8 Å². The third kappa shape index (κ3) is 3.63. The number of amides is 1. The number of aliphatic imine (C=N–C) groups is 1. The van der Waals surface area contributed by atoms with Gasteiger partial charge in [-0.3, -0.25) is 19.9 Å². The zero-order valence-corrected chi connectivity index (χ0v) is 9.74. The van der Waals surface area contributed by atoms with Gasteiger partial charge in [-0.15, -0.1) is 0 Å². The number of hydrogen-bond acceptors (Lipinski definition) is 5. The SMILES string of the molecule is CNC(=O)[C@H](CO)N=Cc1cccc([N+](=O)[O-])c1. The molecule has 1 aromatic carbocycles. The second-order valence-electron chi connectivity index (χ2n) is 3.44. The Morgan fingerprint density at radius 2 is 2.39 bits per heavy atom. The molecule has 0 aliphatic heterocycles. The smallest absolute Gasteiger partial charge is 0.270 e. The summed E-state index contributed by atoms with van der Waals surface area (Å²) in [4.78, 5) is 25.2. The molecular weight excluding hydrogens is 238 g/mol. The highest BCUT2D eigenvalue weighted by Crippen LogP contribution is 2.11. The molecule has 1 aromatic rings. The van der Waals surface area contributed by atoms with Gasteiger partial charge in [0.25, 0.3) is 5.69 Å². The van der Waals surface area contributed by atoms with Crippen LogP contribution in [0.2, 0.25) is 0 Å². The Morgan fingerprint density at radius 1 is 1.67 bits per heavy atom.